The summed E-state index contributed by atoms with van der Waals surface area (Å²) in [6.07, 6.45) is 10.0. The highest BCUT2D eigenvalue weighted by Gasteiger charge is 2.60. The van der Waals surface area contributed by atoms with Crippen LogP contribution in [0.3, 0.4) is 0 Å². The van der Waals surface area contributed by atoms with Crippen molar-refractivity contribution < 1.29 is 4.42 Å². The van der Waals surface area contributed by atoms with Crippen molar-refractivity contribution in [3.05, 3.63) is 298 Å². The molecule has 0 N–H and O–H groups in total. The lowest BCUT2D eigenvalue weighted by Crippen LogP contribution is -2.46. The van der Waals surface area contributed by atoms with Crippen LogP contribution in [-0.2, 0) is 10.8 Å². The molecule has 0 saturated heterocycles. The fourth-order valence-corrected chi connectivity index (χ4v) is 11.8. The second kappa shape index (κ2) is 14.5. The first-order valence-electron chi connectivity index (χ1n) is 22.5. The minimum Gasteiger partial charge on any atom is -0.456 e. The zero-order chi connectivity index (χ0) is 43.1. The van der Waals surface area contributed by atoms with Gasteiger partial charge >= 0.3 is 0 Å². The largest absolute Gasteiger partial charge is 0.456 e. The van der Waals surface area contributed by atoms with Crippen molar-refractivity contribution in [2.75, 3.05) is 0 Å². The predicted molar refractivity (Wildman–Crippen MR) is 267 cm³/mol. The molecule has 1 aromatic heterocycles. The average molecular weight is 831 g/mol. The first-order valence-corrected chi connectivity index (χ1v) is 22.5. The summed E-state index contributed by atoms with van der Waals surface area (Å²) in [5.74, 6) is 0.882. The topological polar surface area (TPSA) is 37.9 Å². The minimum absolute atomic E-state index is 0.251. The zero-order valence-corrected chi connectivity index (χ0v) is 35.7. The first kappa shape index (κ1) is 37.4. The van der Waals surface area contributed by atoms with Crippen LogP contribution in [0, 0.1) is 5.92 Å². The van der Waals surface area contributed by atoms with E-state index in [0.717, 1.165) is 62.0 Å². The number of amidine groups is 1. The van der Waals surface area contributed by atoms with Crippen LogP contribution in [0.5, 0.6) is 0 Å². The number of fused-ring (bicyclic) bond motifs is 8. The molecule has 4 aliphatic rings. The molecular formula is C62H42N2O. The van der Waals surface area contributed by atoms with Crippen LogP contribution in [0.4, 0.5) is 0 Å². The number of hydrogen-bond acceptors (Lipinski definition) is 3. The van der Waals surface area contributed by atoms with Gasteiger partial charge in [0.2, 0.25) is 0 Å². The van der Waals surface area contributed by atoms with Crippen LogP contribution in [0.2, 0.25) is 0 Å². The summed E-state index contributed by atoms with van der Waals surface area (Å²) in [6.45, 7) is 4.73. The van der Waals surface area contributed by atoms with Gasteiger partial charge < -0.3 is 4.42 Å². The van der Waals surface area contributed by atoms with E-state index in [2.05, 4.69) is 188 Å². The lowest BCUT2D eigenvalue weighted by molar-refractivity contribution is 0.454. The number of aliphatic imine (C=N–C) groups is 2. The highest BCUT2D eigenvalue weighted by atomic mass is 16.3. The van der Waals surface area contributed by atoms with Crippen molar-refractivity contribution in [3.63, 3.8) is 0 Å². The Hall–Kier alpha value is -8.14. The Balaban J connectivity index is 1.05. The monoisotopic (exact) mass is 830 g/mol. The van der Waals surface area contributed by atoms with Gasteiger partial charge in [-0.25, -0.2) is 9.98 Å². The van der Waals surface area contributed by atoms with E-state index in [9.17, 15) is 0 Å². The molecule has 0 amide bonds. The van der Waals surface area contributed by atoms with Crippen molar-refractivity contribution in [1.29, 1.82) is 0 Å². The van der Waals surface area contributed by atoms with Crippen molar-refractivity contribution in [1.82, 2.24) is 0 Å². The summed E-state index contributed by atoms with van der Waals surface area (Å²) >= 11 is 0. The van der Waals surface area contributed by atoms with E-state index in [1.165, 1.54) is 50.1 Å². The predicted octanol–water partition coefficient (Wildman–Crippen LogP) is 14.4. The Morgan fingerprint density at radius 3 is 2.02 bits per heavy atom. The number of allylic oxidation sites excluding steroid dienone is 6. The highest BCUT2D eigenvalue weighted by molar-refractivity contribution is 6.23. The van der Waals surface area contributed by atoms with Gasteiger partial charge in [0.1, 0.15) is 11.2 Å². The molecule has 13 rings (SSSR count). The number of nitrogens with zero attached hydrogens (tertiary/aromatic N) is 2. The lowest BCUT2D eigenvalue weighted by atomic mass is 9.50. The van der Waals surface area contributed by atoms with Gasteiger partial charge in [0.05, 0.1) is 22.2 Å². The maximum absolute atomic E-state index is 6.22. The number of benzene rings is 8. The summed E-state index contributed by atoms with van der Waals surface area (Å²) in [4.78, 5) is 10.8. The van der Waals surface area contributed by atoms with Crippen LogP contribution < -0.4 is 0 Å². The van der Waals surface area contributed by atoms with Gasteiger partial charge in [0, 0.05) is 33.4 Å². The molecule has 0 fully saturated rings. The molecule has 65 heavy (non-hydrogen) atoms. The van der Waals surface area contributed by atoms with E-state index in [-0.39, 0.29) is 11.3 Å². The molecule has 9 aromatic rings. The smallest absolute Gasteiger partial charge is 0.160 e. The first-order chi connectivity index (χ1) is 32.1. The normalized spacial score (nSPS) is 20.6. The molecule has 3 nitrogen and oxygen atoms in total. The molecule has 0 saturated carbocycles. The number of para-hydroxylation sites is 1. The molecule has 0 bridgehead atoms. The van der Waals surface area contributed by atoms with E-state index in [1.54, 1.807) is 0 Å². The summed E-state index contributed by atoms with van der Waals surface area (Å²) in [5, 5.41) is 2.13. The summed E-state index contributed by atoms with van der Waals surface area (Å²) < 4.78 is 6.22. The fraction of sp³-hybridized carbons (Fsp3) is 0.0645. The Kier molecular flexibility index (Phi) is 8.32. The molecule has 2 heterocycles. The lowest BCUT2D eigenvalue weighted by Gasteiger charge is -2.51. The summed E-state index contributed by atoms with van der Waals surface area (Å²) in [6, 6.07) is 72.6. The van der Waals surface area contributed by atoms with Crippen LogP contribution in [0.15, 0.2) is 251 Å². The molecular weight excluding hydrogens is 789 g/mol. The average Bonchev–Trinajstić information content (AvgIpc) is 3.83. The Morgan fingerprint density at radius 2 is 1.18 bits per heavy atom. The van der Waals surface area contributed by atoms with Crippen molar-refractivity contribution in [3.8, 4) is 0 Å². The standard InChI is InChI=1S/C62H42N2O/c1-40-37-55(42-35-36-57-50(39-42)48-28-12-16-34-56(48)65-57)63-60(41-19-5-2-6-20-41)64-59(40)43-21-17-26-46(38-43)61(44-22-7-3-8-23-44)52-31-14-15-32-53(52)62(45-24-9-4-10-25-45)51-30-13-11-27-47(51)49-29-18-33-54(61)58(49)62/h2-29,31-39,51H,1,30H2. The molecule has 1 aliphatic heterocycles. The van der Waals surface area contributed by atoms with Crippen LogP contribution >= 0.6 is 0 Å². The van der Waals surface area contributed by atoms with Gasteiger partial charge in [0.25, 0.3) is 0 Å². The van der Waals surface area contributed by atoms with Crippen molar-refractivity contribution >= 4 is 44.8 Å². The van der Waals surface area contributed by atoms with Gasteiger partial charge in [-0.2, -0.15) is 0 Å². The molecule has 0 spiro atoms. The molecule has 3 atom stereocenters. The third-order valence-electron chi connectivity index (χ3n) is 14.4. The van der Waals surface area contributed by atoms with Gasteiger partial charge in [0.15, 0.2) is 5.84 Å². The Morgan fingerprint density at radius 1 is 0.523 bits per heavy atom. The Labute approximate surface area is 378 Å². The van der Waals surface area contributed by atoms with Crippen LogP contribution in [0.25, 0.3) is 33.2 Å². The molecule has 3 aliphatic carbocycles. The van der Waals surface area contributed by atoms with E-state index >= 15 is 0 Å². The van der Waals surface area contributed by atoms with Gasteiger partial charge in [-0.3, -0.25) is 0 Å². The van der Waals surface area contributed by atoms with Gasteiger partial charge in [-0.1, -0.05) is 195 Å². The van der Waals surface area contributed by atoms with Crippen LogP contribution in [-0.4, -0.2) is 11.5 Å². The van der Waals surface area contributed by atoms with E-state index < -0.39 is 5.41 Å². The third-order valence-corrected chi connectivity index (χ3v) is 14.4. The number of rotatable bonds is 6. The van der Waals surface area contributed by atoms with Gasteiger partial charge in [-0.05, 0) is 98.5 Å². The molecule has 3 heteroatoms. The van der Waals surface area contributed by atoms with E-state index in [1.807, 2.05) is 36.4 Å². The summed E-state index contributed by atoms with van der Waals surface area (Å²) in [7, 11) is 0. The van der Waals surface area contributed by atoms with Crippen molar-refractivity contribution in [2.24, 2.45) is 15.9 Å². The van der Waals surface area contributed by atoms with Gasteiger partial charge in [-0.15, -0.1) is 0 Å². The maximum atomic E-state index is 6.22. The Bertz CT molecular complexity index is 3590. The SMILES string of the molecule is C=C1C=C(c2ccc3oc4ccccc4c3c2)N=C(c2ccccc2)N=C1c1cccc(C2(c3ccccc3)c3ccccc3C3(c4ccccc4)c4c(cccc42)C2=CC=CCC23)c1. The second-order valence-electron chi connectivity index (χ2n) is 17.6. The van der Waals surface area contributed by atoms with E-state index in [4.69, 9.17) is 21.0 Å². The molecule has 306 valence electrons. The zero-order valence-electron chi connectivity index (χ0n) is 35.7. The molecule has 3 unspecified atom stereocenters. The molecule has 8 aromatic carbocycles. The number of hydrogen-bond donors (Lipinski definition) is 0. The minimum atomic E-state index is -0.675. The highest BCUT2D eigenvalue weighted by Crippen LogP contribution is 2.67. The number of furan rings is 1. The summed E-state index contributed by atoms with van der Waals surface area (Å²) in [5.41, 5.74) is 17.7. The van der Waals surface area contributed by atoms with E-state index in [0.29, 0.717) is 5.84 Å². The van der Waals surface area contributed by atoms with Crippen LogP contribution in [0.1, 0.15) is 67.6 Å². The maximum Gasteiger partial charge on any atom is 0.160 e. The second-order valence-corrected chi connectivity index (χ2v) is 17.6. The van der Waals surface area contributed by atoms with Crippen molar-refractivity contribution in [2.45, 2.75) is 17.3 Å². The third kappa shape index (κ3) is 5.36. The fourth-order valence-electron chi connectivity index (χ4n) is 11.8. The molecule has 0 radical (unpaired) electrons. The quantitative estimate of drug-likeness (QED) is 0.164.